The highest BCUT2D eigenvalue weighted by Gasteiger charge is 2.32. The number of hydrogen-bond donors (Lipinski definition) is 2. The van der Waals surface area contributed by atoms with E-state index in [2.05, 4.69) is 15.0 Å². The van der Waals surface area contributed by atoms with Crippen molar-refractivity contribution >= 4 is 46.3 Å². The molecule has 1 aliphatic rings. The summed E-state index contributed by atoms with van der Waals surface area (Å²) in [6.45, 7) is 0.455. The third-order valence-corrected chi connectivity index (χ3v) is 5.40. The van der Waals surface area contributed by atoms with Crippen LogP contribution in [0.3, 0.4) is 0 Å². The van der Waals surface area contributed by atoms with Gasteiger partial charge in [0, 0.05) is 11.9 Å². The van der Waals surface area contributed by atoms with Crippen LogP contribution < -0.4 is 19.7 Å². The van der Waals surface area contributed by atoms with Crippen LogP contribution in [0.15, 0.2) is 48.7 Å². The van der Waals surface area contributed by atoms with Gasteiger partial charge in [0.05, 0.1) is 34.4 Å². The molecule has 4 rings (SSSR count). The lowest BCUT2D eigenvalue weighted by Gasteiger charge is -2.32. The van der Waals surface area contributed by atoms with Gasteiger partial charge in [0.1, 0.15) is 12.4 Å². The molecule has 1 aliphatic heterocycles. The fraction of sp³-hybridized carbons (Fsp3) is 0.182. The molecule has 1 aromatic heterocycles. The summed E-state index contributed by atoms with van der Waals surface area (Å²) in [5, 5.41) is 11.9. The van der Waals surface area contributed by atoms with E-state index in [1.54, 1.807) is 29.2 Å². The molecule has 0 saturated carbocycles. The molecule has 12 heteroatoms. The zero-order chi connectivity index (χ0) is 24.5. The van der Waals surface area contributed by atoms with E-state index in [1.165, 1.54) is 12.3 Å². The molecule has 0 aliphatic carbocycles. The van der Waals surface area contributed by atoms with Gasteiger partial charge in [-0.3, -0.25) is 4.79 Å². The van der Waals surface area contributed by atoms with Crippen LogP contribution in [-0.4, -0.2) is 35.5 Å². The average molecular weight is 514 g/mol. The van der Waals surface area contributed by atoms with E-state index in [0.717, 1.165) is 12.1 Å². The van der Waals surface area contributed by atoms with Crippen molar-refractivity contribution < 1.29 is 32.5 Å². The van der Waals surface area contributed by atoms with E-state index in [0.29, 0.717) is 34.4 Å². The number of hydrogen-bond acceptors (Lipinski definition) is 6. The van der Waals surface area contributed by atoms with Crippen molar-refractivity contribution in [3.05, 3.63) is 69.8 Å². The Hall–Kier alpha value is -3.21. The lowest BCUT2D eigenvalue weighted by Crippen LogP contribution is -2.31. The quantitative estimate of drug-likeness (QED) is 0.464. The standard InChI is InChI=1S/C22H16Cl2F3N3O4/c23-15-9-13(4-5-18(15)34-22(25,26)27)29-21(32)14-2-1-3-17-19(14)33-7-6-30(17)20-16(24)8-12(11-31)10-28-20/h1-5,8-10,31H,6-7,11H2,(H,29,32). The molecule has 7 nitrogen and oxygen atoms in total. The molecule has 2 aromatic carbocycles. The Kier molecular flexibility index (Phi) is 6.74. The third kappa shape index (κ3) is 5.14. The number of alkyl halides is 3. The van der Waals surface area contributed by atoms with Gasteiger partial charge in [0.25, 0.3) is 5.91 Å². The summed E-state index contributed by atoms with van der Waals surface area (Å²) in [5.74, 6) is -0.416. The number of benzene rings is 2. The van der Waals surface area contributed by atoms with Gasteiger partial charge in [0.2, 0.25) is 0 Å². The summed E-state index contributed by atoms with van der Waals surface area (Å²) in [5.41, 5.74) is 1.47. The van der Waals surface area contributed by atoms with Crippen molar-refractivity contribution in [1.29, 1.82) is 0 Å². The van der Waals surface area contributed by atoms with Crippen LogP contribution in [0, 0.1) is 0 Å². The molecule has 0 spiro atoms. The first kappa shape index (κ1) is 23.9. The summed E-state index contributed by atoms with van der Waals surface area (Å²) < 4.78 is 46.9. The zero-order valence-electron chi connectivity index (χ0n) is 17.2. The van der Waals surface area contributed by atoms with E-state index in [9.17, 15) is 23.1 Å². The summed E-state index contributed by atoms with van der Waals surface area (Å²) in [6, 6.07) is 9.93. The van der Waals surface area contributed by atoms with Gasteiger partial charge in [-0.05, 0) is 42.0 Å². The molecule has 0 saturated heterocycles. The lowest BCUT2D eigenvalue weighted by atomic mass is 10.1. The Morgan fingerprint density at radius 1 is 1.21 bits per heavy atom. The number of nitrogens with one attached hydrogen (secondary N) is 1. The van der Waals surface area contributed by atoms with Gasteiger partial charge in [0.15, 0.2) is 11.6 Å². The van der Waals surface area contributed by atoms with Gasteiger partial charge in [-0.2, -0.15) is 0 Å². The number of aliphatic hydroxyl groups is 1. The number of rotatable bonds is 5. The predicted octanol–water partition coefficient (Wildman–Crippen LogP) is 5.56. The van der Waals surface area contributed by atoms with Crippen LogP contribution in [-0.2, 0) is 6.61 Å². The molecule has 0 atom stereocenters. The molecule has 0 unspecified atom stereocenters. The van der Waals surface area contributed by atoms with E-state index >= 15 is 0 Å². The number of carbonyl (C=O) groups excluding carboxylic acids is 1. The van der Waals surface area contributed by atoms with Crippen molar-refractivity contribution in [3.63, 3.8) is 0 Å². The van der Waals surface area contributed by atoms with Gasteiger partial charge in [-0.25, -0.2) is 4.98 Å². The molecule has 2 N–H and O–H groups in total. The summed E-state index contributed by atoms with van der Waals surface area (Å²) in [4.78, 5) is 19.1. The van der Waals surface area contributed by atoms with Gasteiger partial charge < -0.3 is 24.8 Å². The number of amides is 1. The van der Waals surface area contributed by atoms with Crippen LogP contribution in [0.2, 0.25) is 10.0 Å². The second-order valence-corrected chi connectivity index (χ2v) is 7.92. The fourth-order valence-electron chi connectivity index (χ4n) is 3.39. The SMILES string of the molecule is O=C(Nc1ccc(OC(F)(F)F)c(Cl)c1)c1cccc2c1OCCN2c1ncc(CO)cc1Cl. The van der Waals surface area contributed by atoms with Gasteiger partial charge in [-0.1, -0.05) is 29.3 Å². The smallest absolute Gasteiger partial charge is 0.489 e. The first-order valence-electron chi connectivity index (χ1n) is 9.81. The minimum Gasteiger partial charge on any atom is -0.489 e. The highest BCUT2D eigenvalue weighted by molar-refractivity contribution is 6.33. The average Bonchev–Trinajstić information content (AvgIpc) is 2.79. The van der Waals surface area contributed by atoms with Crippen molar-refractivity contribution in [2.24, 2.45) is 0 Å². The Morgan fingerprint density at radius 2 is 2.00 bits per heavy atom. The molecule has 2 heterocycles. The molecule has 0 fully saturated rings. The number of anilines is 3. The van der Waals surface area contributed by atoms with Crippen LogP contribution in [0.4, 0.5) is 30.4 Å². The van der Waals surface area contributed by atoms with Gasteiger partial charge in [-0.15, -0.1) is 13.2 Å². The maximum atomic E-state index is 13.0. The molecular weight excluding hydrogens is 498 g/mol. The minimum absolute atomic E-state index is 0.166. The summed E-state index contributed by atoms with van der Waals surface area (Å²) in [7, 11) is 0. The predicted molar refractivity (Wildman–Crippen MR) is 120 cm³/mol. The Labute approximate surface area is 201 Å². The highest BCUT2D eigenvalue weighted by atomic mass is 35.5. The Balaban J connectivity index is 1.60. The summed E-state index contributed by atoms with van der Waals surface area (Å²) >= 11 is 12.2. The molecule has 1 amide bonds. The molecule has 178 valence electrons. The van der Waals surface area contributed by atoms with E-state index in [4.69, 9.17) is 27.9 Å². The second kappa shape index (κ2) is 9.57. The number of ether oxygens (including phenoxy) is 2. The highest BCUT2D eigenvalue weighted by Crippen LogP contribution is 2.41. The van der Waals surface area contributed by atoms with Crippen LogP contribution in [0.1, 0.15) is 15.9 Å². The molecular formula is C22H16Cl2F3N3O4. The van der Waals surface area contributed by atoms with Crippen LogP contribution >= 0.6 is 23.2 Å². The fourth-order valence-corrected chi connectivity index (χ4v) is 3.90. The first-order valence-corrected chi connectivity index (χ1v) is 10.6. The van der Waals surface area contributed by atoms with Crippen LogP contribution in [0.5, 0.6) is 11.5 Å². The number of carbonyl (C=O) groups is 1. The molecule has 34 heavy (non-hydrogen) atoms. The van der Waals surface area contributed by atoms with E-state index < -0.39 is 18.0 Å². The normalized spacial score (nSPS) is 13.2. The number of para-hydroxylation sites is 1. The van der Waals surface area contributed by atoms with Gasteiger partial charge >= 0.3 is 6.36 Å². The molecule has 3 aromatic rings. The Bertz CT molecular complexity index is 1240. The largest absolute Gasteiger partial charge is 0.573 e. The van der Waals surface area contributed by atoms with E-state index in [-0.39, 0.29) is 29.5 Å². The monoisotopic (exact) mass is 513 g/mol. The van der Waals surface area contributed by atoms with Crippen molar-refractivity contribution in [2.45, 2.75) is 13.0 Å². The maximum Gasteiger partial charge on any atom is 0.573 e. The molecule has 0 bridgehead atoms. The number of halogens is 5. The number of aliphatic hydroxyl groups excluding tert-OH is 1. The topological polar surface area (TPSA) is 83.9 Å². The number of nitrogens with zero attached hydrogens (tertiary/aromatic N) is 2. The number of pyridine rings is 1. The zero-order valence-corrected chi connectivity index (χ0v) is 18.7. The minimum atomic E-state index is -4.89. The third-order valence-electron chi connectivity index (χ3n) is 4.82. The number of aromatic nitrogens is 1. The summed E-state index contributed by atoms with van der Waals surface area (Å²) in [6.07, 6.45) is -3.39. The van der Waals surface area contributed by atoms with Crippen LogP contribution in [0.25, 0.3) is 0 Å². The molecule has 0 radical (unpaired) electrons. The van der Waals surface area contributed by atoms with Crippen molar-refractivity contribution in [3.8, 4) is 11.5 Å². The second-order valence-electron chi connectivity index (χ2n) is 7.11. The van der Waals surface area contributed by atoms with E-state index in [1.807, 2.05) is 0 Å². The maximum absolute atomic E-state index is 13.0. The number of fused-ring (bicyclic) bond motifs is 1. The van der Waals surface area contributed by atoms with Crippen molar-refractivity contribution in [1.82, 2.24) is 4.98 Å². The first-order chi connectivity index (χ1) is 16.2. The lowest BCUT2D eigenvalue weighted by molar-refractivity contribution is -0.274. The van der Waals surface area contributed by atoms with Crippen molar-refractivity contribution in [2.75, 3.05) is 23.4 Å². The Morgan fingerprint density at radius 3 is 2.68 bits per heavy atom.